The average molecular weight is 311 g/mol. The van der Waals surface area contributed by atoms with Crippen LogP contribution in [0.1, 0.15) is 24.0 Å². The molecule has 21 heavy (non-hydrogen) atoms. The number of benzene rings is 1. The molecule has 1 fully saturated rings. The second kappa shape index (κ2) is 6.52. The minimum atomic E-state index is -3.23. The minimum Gasteiger partial charge on any atom is -0.297 e. The van der Waals surface area contributed by atoms with Crippen molar-refractivity contribution in [3.8, 4) is 6.07 Å². The van der Waals surface area contributed by atoms with Crippen molar-refractivity contribution in [3.05, 3.63) is 35.1 Å². The average Bonchev–Trinajstić information content (AvgIpc) is 2.40. The summed E-state index contributed by atoms with van der Waals surface area (Å²) in [6.45, 7) is 1.71. The van der Waals surface area contributed by atoms with Gasteiger partial charge in [0.15, 0.2) is 0 Å². The van der Waals surface area contributed by atoms with Gasteiger partial charge in [-0.25, -0.2) is 17.5 Å². The van der Waals surface area contributed by atoms with E-state index in [2.05, 4.69) is 4.72 Å². The van der Waals surface area contributed by atoms with E-state index >= 15 is 0 Å². The molecule has 5 nitrogen and oxygen atoms in total. The summed E-state index contributed by atoms with van der Waals surface area (Å²) in [4.78, 5) is 2.01. The van der Waals surface area contributed by atoms with E-state index in [0.717, 1.165) is 25.6 Å². The number of hydrogen-bond donors (Lipinski definition) is 1. The van der Waals surface area contributed by atoms with Crippen LogP contribution in [0.3, 0.4) is 0 Å². The van der Waals surface area contributed by atoms with Crippen LogP contribution in [0.15, 0.2) is 18.2 Å². The Kier molecular flexibility index (Phi) is 4.93. The first-order valence-electron chi connectivity index (χ1n) is 6.75. The minimum absolute atomic E-state index is 0.143. The highest BCUT2D eigenvalue weighted by molar-refractivity contribution is 7.88. The number of nitriles is 1. The predicted octanol–water partition coefficient (Wildman–Crippen LogP) is 1.21. The van der Waals surface area contributed by atoms with E-state index in [1.807, 2.05) is 11.0 Å². The van der Waals surface area contributed by atoms with Crippen molar-refractivity contribution < 1.29 is 12.8 Å². The first-order valence-corrected chi connectivity index (χ1v) is 8.65. The first-order chi connectivity index (χ1) is 9.87. The molecule has 1 aliphatic rings. The van der Waals surface area contributed by atoms with E-state index in [1.165, 1.54) is 12.1 Å². The fourth-order valence-electron chi connectivity index (χ4n) is 2.60. The van der Waals surface area contributed by atoms with Gasteiger partial charge in [0.2, 0.25) is 10.0 Å². The van der Waals surface area contributed by atoms with Gasteiger partial charge in [0.05, 0.1) is 17.9 Å². The number of piperidine rings is 1. The molecule has 0 aliphatic carbocycles. The maximum atomic E-state index is 13.8. The molecule has 1 aromatic rings. The van der Waals surface area contributed by atoms with Crippen LogP contribution in [0.5, 0.6) is 0 Å². The summed E-state index contributed by atoms with van der Waals surface area (Å²) >= 11 is 0. The lowest BCUT2D eigenvalue weighted by atomic mass is 10.0. The second-order valence-electron chi connectivity index (χ2n) is 5.38. The van der Waals surface area contributed by atoms with Gasteiger partial charge in [0, 0.05) is 24.7 Å². The van der Waals surface area contributed by atoms with Crippen molar-refractivity contribution in [2.75, 3.05) is 19.3 Å². The standard InChI is InChI=1S/C14H18FN3O2S/c1-21(19,20)17-13-3-2-6-18(10-13)9-12-7-11(8-16)4-5-14(12)15/h4-5,7,13,17H,2-3,6,9-10H2,1H3. The summed E-state index contributed by atoms with van der Waals surface area (Å²) in [5.41, 5.74) is 0.892. The van der Waals surface area contributed by atoms with Crippen molar-refractivity contribution >= 4 is 10.0 Å². The summed E-state index contributed by atoms with van der Waals surface area (Å²) < 4.78 is 38.9. The van der Waals surface area contributed by atoms with Crippen LogP contribution in [0.25, 0.3) is 0 Å². The van der Waals surface area contributed by atoms with Gasteiger partial charge in [-0.05, 0) is 37.6 Å². The molecule has 1 unspecified atom stereocenters. The predicted molar refractivity (Wildman–Crippen MR) is 77.4 cm³/mol. The van der Waals surface area contributed by atoms with Gasteiger partial charge in [0.1, 0.15) is 5.82 Å². The highest BCUT2D eigenvalue weighted by atomic mass is 32.2. The van der Waals surface area contributed by atoms with Gasteiger partial charge >= 0.3 is 0 Å². The molecule has 1 aliphatic heterocycles. The van der Waals surface area contributed by atoms with Crippen molar-refractivity contribution in [2.45, 2.75) is 25.4 Å². The number of hydrogen-bond acceptors (Lipinski definition) is 4. The molecular formula is C14H18FN3O2S. The largest absolute Gasteiger partial charge is 0.297 e. The molecule has 0 amide bonds. The zero-order chi connectivity index (χ0) is 15.5. The zero-order valence-corrected chi connectivity index (χ0v) is 12.7. The molecule has 7 heteroatoms. The molecule has 1 saturated heterocycles. The Labute approximate surface area is 124 Å². The molecule has 0 radical (unpaired) electrons. The van der Waals surface area contributed by atoms with Crippen LogP contribution < -0.4 is 4.72 Å². The number of nitrogens with zero attached hydrogens (tertiary/aromatic N) is 2. The quantitative estimate of drug-likeness (QED) is 0.907. The van der Waals surface area contributed by atoms with Crippen molar-refractivity contribution in [3.63, 3.8) is 0 Å². The molecular weight excluding hydrogens is 293 g/mol. The van der Waals surface area contributed by atoms with Crippen molar-refractivity contribution in [1.29, 1.82) is 5.26 Å². The third kappa shape index (κ3) is 4.77. The summed E-state index contributed by atoms with van der Waals surface area (Å²) in [5, 5.41) is 8.87. The van der Waals surface area contributed by atoms with Gasteiger partial charge in [0.25, 0.3) is 0 Å². The van der Waals surface area contributed by atoms with E-state index in [4.69, 9.17) is 5.26 Å². The van der Waals surface area contributed by atoms with Crippen LogP contribution in [0.2, 0.25) is 0 Å². The molecule has 1 atom stereocenters. The molecule has 0 spiro atoms. The second-order valence-corrected chi connectivity index (χ2v) is 7.16. The van der Waals surface area contributed by atoms with E-state index in [9.17, 15) is 12.8 Å². The zero-order valence-electron chi connectivity index (χ0n) is 11.8. The lowest BCUT2D eigenvalue weighted by Gasteiger charge is -2.32. The fourth-order valence-corrected chi connectivity index (χ4v) is 3.40. The van der Waals surface area contributed by atoms with Gasteiger partial charge in [-0.1, -0.05) is 0 Å². The molecule has 1 heterocycles. The van der Waals surface area contributed by atoms with Crippen molar-refractivity contribution in [1.82, 2.24) is 9.62 Å². The molecule has 2 rings (SSSR count). The highest BCUT2D eigenvalue weighted by Crippen LogP contribution is 2.17. The van der Waals surface area contributed by atoms with Crippen LogP contribution in [0.4, 0.5) is 4.39 Å². The Balaban J connectivity index is 2.04. The Morgan fingerprint density at radius 2 is 2.29 bits per heavy atom. The van der Waals surface area contributed by atoms with Gasteiger partial charge in [-0.3, -0.25) is 4.90 Å². The number of halogens is 1. The Bertz CT molecular complexity index is 655. The lowest BCUT2D eigenvalue weighted by Crippen LogP contribution is -2.47. The molecule has 0 saturated carbocycles. The number of sulfonamides is 1. The van der Waals surface area contributed by atoms with Crippen molar-refractivity contribution in [2.24, 2.45) is 0 Å². The highest BCUT2D eigenvalue weighted by Gasteiger charge is 2.23. The SMILES string of the molecule is CS(=O)(=O)NC1CCCN(Cc2cc(C#N)ccc2F)C1. The molecule has 0 bridgehead atoms. The fraction of sp³-hybridized carbons (Fsp3) is 0.500. The topological polar surface area (TPSA) is 73.2 Å². The van der Waals surface area contributed by atoms with E-state index < -0.39 is 10.0 Å². The smallest absolute Gasteiger partial charge is 0.208 e. The summed E-state index contributed by atoms with van der Waals surface area (Å²) in [7, 11) is -3.23. The molecule has 0 aromatic heterocycles. The van der Waals surface area contributed by atoms with Crippen LogP contribution in [0, 0.1) is 17.1 Å². The van der Waals surface area contributed by atoms with E-state index in [1.54, 1.807) is 6.07 Å². The Hall–Kier alpha value is -1.49. The number of likely N-dealkylation sites (tertiary alicyclic amines) is 1. The third-order valence-electron chi connectivity index (χ3n) is 3.46. The molecule has 1 N–H and O–H groups in total. The number of nitrogens with one attached hydrogen (secondary N) is 1. The van der Waals surface area contributed by atoms with Gasteiger partial charge in [-0.15, -0.1) is 0 Å². The van der Waals surface area contributed by atoms with E-state index in [0.29, 0.717) is 24.2 Å². The third-order valence-corrected chi connectivity index (χ3v) is 4.22. The summed E-state index contributed by atoms with van der Waals surface area (Å²) in [6, 6.07) is 6.14. The maximum absolute atomic E-state index is 13.8. The first kappa shape index (κ1) is 15.9. The van der Waals surface area contributed by atoms with E-state index in [-0.39, 0.29) is 11.9 Å². The summed E-state index contributed by atoms with van der Waals surface area (Å²) in [6.07, 6.45) is 2.78. The summed E-state index contributed by atoms with van der Waals surface area (Å²) in [5.74, 6) is -0.341. The lowest BCUT2D eigenvalue weighted by molar-refractivity contribution is 0.192. The van der Waals surface area contributed by atoms with Crippen LogP contribution in [-0.4, -0.2) is 38.7 Å². The normalized spacial score (nSPS) is 20.1. The molecule has 1 aromatic carbocycles. The molecule has 114 valence electrons. The number of rotatable bonds is 4. The maximum Gasteiger partial charge on any atom is 0.208 e. The monoisotopic (exact) mass is 311 g/mol. The Morgan fingerprint density at radius 1 is 1.52 bits per heavy atom. The van der Waals surface area contributed by atoms with Crippen LogP contribution in [-0.2, 0) is 16.6 Å². The van der Waals surface area contributed by atoms with Crippen LogP contribution >= 0.6 is 0 Å². The Morgan fingerprint density at radius 3 is 2.95 bits per heavy atom. The van der Waals surface area contributed by atoms with Gasteiger partial charge in [-0.2, -0.15) is 5.26 Å². The van der Waals surface area contributed by atoms with Gasteiger partial charge < -0.3 is 0 Å².